The van der Waals surface area contributed by atoms with Crippen molar-refractivity contribution < 1.29 is 9.59 Å². The van der Waals surface area contributed by atoms with Gasteiger partial charge in [0.25, 0.3) is 11.8 Å². The second kappa shape index (κ2) is 8.14. The number of carbonyl (C=O) groups excluding carboxylic acids is 2. The lowest BCUT2D eigenvalue weighted by Gasteiger charge is -2.30. The van der Waals surface area contributed by atoms with Crippen LogP contribution in [0.15, 0.2) is 72.8 Å². The van der Waals surface area contributed by atoms with Crippen LogP contribution in [0.25, 0.3) is 0 Å². The number of amides is 2. The molecule has 0 spiro atoms. The van der Waals surface area contributed by atoms with Gasteiger partial charge in [-0.05, 0) is 83.5 Å². The van der Waals surface area contributed by atoms with Crippen molar-refractivity contribution in [3.8, 4) is 0 Å². The number of carbonyl (C=O) groups is 2. The Bertz CT molecular complexity index is 1030. The van der Waals surface area contributed by atoms with E-state index in [1.165, 1.54) is 0 Å². The quantitative estimate of drug-likeness (QED) is 0.526. The highest BCUT2D eigenvalue weighted by Crippen LogP contribution is 2.31. The summed E-state index contributed by atoms with van der Waals surface area (Å²) >= 11 is 2.16. The van der Waals surface area contributed by atoms with Crippen LogP contribution in [0, 0.1) is 3.57 Å². The minimum absolute atomic E-state index is 0.0113. The van der Waals surface area contributed by atoms with Gasteiger partial charge in [0.15, 0.2) is 0 Å². The first kappa shape index (κ1) is 18.7. The molecule has 4 rings (SSSR count). The lowest BCUT2D eigenvalue weighted by molar-refractivity contribution is 0.0983. The number of hydrogen-bond donors (Lipinski definition) is 1. The van der Waals surface area contributed by atoms with Crippen molar-refractivity contribution >= 4 is 45.8 Å². The predicted octanol–water partition coefficient (Wildman–Crippen LogP) is 5.14. The highest BCUT2D eigenvalue weighted by atomic mass is 127. The van der Waals surface area contributed by atoms with Gasteiger partial charge in [-0.1, -0.05) is 30.3 Å². The van der Waals surface area contributed by atoms with Crippen LogP contribution in [0.5, 0.6) is 0 Å². The molecule has 0 aromatic heterocycles. The van der Waals surface area contributed by atoms with Gasteiger partial charge in [-0.15, -0.1) is 0 Å². The van der Waals surface area contributed by atoms with Crippen LogP contribution < -0.4 is 10.2 Å². The van der Waals surface area contributed by atoms with E-state index in [1.807, 2.05) is 77.7 Å². The SMILES string of the molecule is O=C(Nc1ccc2c(c1)CCCN2C(=O)c1ccccc1)c1ccccc1I. The Kier molecular flexibility index (Phi) is 5.43. The maximum atomic E-state index is 12.9. The third-order valence-electron chi connectivity index (χ3n) is 4.84. The summed E-state index contributed by atoms with van der Waals surface area (Å²) in [7, 11) is 0. The van der Waals surface area contributed by atoms with Crippen LogP contribution in [-0.4, -0.2) is 18.4 Å². The molecule has 0 fully saturated rings. The first-order valence-corrected chi connectivity index (χ1v) is 10.3. The van der Waals surface area contributed by atoms with E-state index in [2.05, 4.69) is 27.9 Å². The summed E-state index contributed by atoms with van der Waals surface area (Å²) in [6, 6.07) is 22.6. The van der Waals surface area contributed by atoms with Crippen molar-refractivity contribution in [2.45, 2.75) is 12.8 Å². The number of rotatable bonds is 3. The van der Waals surface area contributed by atoms with Crippen LogP contribution in [0.3, 0.4) is 0 Å². The van der Waals surface area contributed by atoms with Gasteiger partial charge in [0.1, 0.15) is 0 Å². The molecule has 5 heteroatoms. The number of nitrogens with zero attached hydrogens (tertiary/aromatic N) is 1. The lowest BCUT2D eigenvalue weighted by Crippen LogP contribution is -2.35. The normalized spacial score (nSPS) is 13.0. The summed E-state index contributed by atoms with van der Waals surface area (Å²) in [4.78, 5) is 27.3. The molecule has 3 aromatic carbocycles. The van der Waals surface area contributed by atoms with E-state index in [0.29, 0.717) is 17.7 Å². The maximum absolute atomic E-state index is 12.9. The molecule has 140 valence electrons. The van der Waals surface area contributed by atoms with E-state index in [-0.39, 0.29) is 11.8 Å². The number of benzene rings is 3. The number of aryl methyl sites for hydroxylation is 1. The second-order valence-corrected chi connectivity index (χ2v) is 7.87. The van der Waals surface area contributed by atoms with Gasteiger partial charge >= 0.3 is 0 Å². The molecule has 0 unspecified atom stereocenters. The van der Waals surface area contributed by atoms with Gasteiger partial charge in [0.2, 0.25) is 0 Å². The Hall–Kier alpha value is -2.67. The number of anilines is 2. The average Bonchev–Trinajstić information content (AvgIpc) is 2.73. The molecule has 1 aliphatic rings. The third kappa shape index (κ3) is 3.80. The lowest BCUT2D eigenvalue weighted by atomic mass is 10.00. The minimum Gasteiger partial charge on any atom is -0.322 e. The van der Waals surface area contributed by atoms with Crippen molar-refractivity contribution in [1.29, 1.82) is 0 Å². The van der Waals surface area contributed by atoms with E-state index in [4.69, 9.17) is 0 Å². The first-order valence-electron chi connectivity index (χ1n) is 9.19. The zero-order chi connectivity index (χ0) is 19.5. The maximum Gasteiger partial charge on any atom is 0.258 e. The molecule has 0 saturated carbocycles. The summed E-state index contributed by atoms with van der Waals surface area (Å²) < 4.78 is 0.912. The summed E-state index contributed by atoms with van der Waals surface area (Å²) in [5.41, 5.74) is 4.09. The molecular weight excluding hydrogens is 463 g/mol. The Morgan fingerprint density at radius 1 is 0.929 bits per heavy atom. The molecule has 1 aliphatic heterocycles. The fraction of sp³-hybridized carbons (Fsp3) is 0.130. The van der Waals surface area contributed by atoms with Gasteiger partial charge in [-0.25, -0.2) is 0 Å². The van der Waals surface area contributed by atoms with Crippen molar-refractivity contribution in [2.75, 3.05) is 16.8 Å². The van der Waals surface area contributed by atoms with E-state index in [9.17, 15) is 9.59 Å². The number of nitrogens with one attached hydrogen (secondary N) is 1. The summed E-state index contributed by atoms with van der Waals surface area (Å²) in [6.07, 6.45) is 1.79. The minimum atomic E-state index is -0.127. The Morgan fingerprint density at radius 2 is 1.68 bits per heavy atom. The molecule has 0 atom stereocenters. The molecule has 0 bridgehead atoms. The van der Waals surface area contributed by atoms with E-state index >= 15 is 0 Å². The van der Waals surface area contributed by atoms with Crippen molar-refractivity contribution in [3.05, 3.63) is 93.1 Å². The van der Waals surface area contributed by atoms with Crippen molar-refractivity contribution in [2.24, 2.45) is 0 Å². The van der Waals surface area contributed by atoms with E-state index < -0.39 is 0 Å². The number of hydrogen-bond acceptors (Lipinski definition) is 2. The molecule has 28 heavy (non-hydrogen) atoms. The largest absolute Gasteiger partial charge is 0.322 e. The van der Waals surface area contributed by atoms with Gasteiger partial charge in [0, 0.05) is 27.1 Å². The molecule has 4 nitrogen and oxygen atoms in total. The van der Waals surface area contributed by atoms with Gasteiger partial charge in [0.05, 0.1) is 5.56 Å². The fourth-order valence-corrected chi connectivity index (χ4v) is 4.10. The van der Waals surface area contributed by atoms with Gasteiger partial charge in [-0.2, -0.15) is 0 Å². The van der Waals surface area contributed by atoms with Crippen molar-refractivity contribution in [3.63, 3.8) is 0 Å². The third-order valence-corrected chi connectivity index (χ3v) is 5.78. The first-order chi connectivity index (χ1) is 13.6. The number of fused-ring (bicyclic) bond motifs is 1. The van der Waals surface area contributed by atoms with Crippen LogP contribution in [0.2, 0.25) is 0 Å². The smallest absolute Gasteiger partial charge is 0.258 e. The zero-order valence-corrected chi connectivity index (χ0v) is 17.3. The van der Waals surface area contributed by atoms with E-state index in [0.717, 1.165) is 33.4 Å². The average molecular weight is 482 g/mol. The van der Waals surface area contributed by atoms with E-state index in [1.54, 1.807) is 0 Å². The highest BCUT2D eigenvalue weighted by molar-refractivity contribution is 14.1. The zero-order valence-electron chi connectivity index (χ0n) is 15.2. The molecule has 1 heterocycles. The van der Waals surface area contributed by atoms with Gasteiger partial charge in [-0.3, -0.25) is 9.59 Å². The Labute approximate surface area is 177 Å². The summed E-state index contributed by atoms with van der Waals surface area (Å²) in [5, 5.41) is 2.98. The Morgan fingerprint density at radius 3 is 2.46 bits per heavy atom. The second-order valence-electron chi connectivity index (χ2n) is 6.70. The van der Waals surface area contributed by atoms with Crippen LogP contribution in [-0.2, 0) is 6.42 Å². The molecule has 3 aromatic rings. The predicted molar refractivity (Wildman–Crippen MR) is 120 cm³/mol. The molecule has 0 aliphatic carbocycles. The van der Waals surface area contributed by atoms with Crippen molar-refractivity contribution in [1.82, 2.24) is 0 Å². The molecule has 0 saturated heterocycles. The summed E-state index contributed by atoms with van der Waals surface area (Å²) in [6.45, 7) is 0.703. The molecular formula is C23H19IN2O2. The standard InChI is InChI=1S/C23H19IN2O2/c24-20-11-5-4-10-19(20)22(27)25-18-12-13-21-17(15-18)9-6-14-26(21)23(28)16-7-2-1-3-8-16/h1-5,7-8,10-13,15H,6,9,14H2,(H,25,27). The van der Waals surface area contributed by atoms with Gasteiger partial charge < -0.3 is 10.2 Å². The molecule has 1 N–H and O–H groups in total. The topological polar surface area (TPSA) is 49.4 Å². The van der Waals surface area contributed by atoms with Crippen LogP contribution >= 0.6 is 22.6 Å². The van der Waals surface area contributed by atoms with Crippen LogP contribution in [0.1, 0.15) is 32.7 Å². The number of halogens is 1. The monoisotopic (exact) mass is 482 g/mol. The summed E-state index contributed by atoms with van der Waals surface area (Å²) in [5.74, 6) is -0.116. The molecule has 2 amide bonds. The highest BCUT2D eigenvalue weighted by Gasteiger charge is 2.24. The fourth-order valence-electron chi connectivity index (χ4n) is 3.47. The van der Waals surface area contributed by atoms with Crippen LogP contribution in [0.4, 0.5) is 11.4 Å². The molecule has 0 radical (unpaired) electrons. The Balaban J connectivity index is 1.58.